The first-order valence-corrected chi connectivity index (χ1v) is 10.4. The Morgan fingerprint density at radius 3 is 2.62 bits per heavy atom. The van der Waals surface area contributed by atoms with Gasteiger partial charge in [0.05, 0.1) is 4.92 Å². The van der Waals surface area contributed by atoms with Gasteiger partial charge in [0.1, 0.15) is 4.21 Å². The molecule has 0 saturated carbocycles. The fraction of sp³-hybridized carbons (Fsp3) is 0.636. The summed E-state index contributed by atoms with van der Waals surface area (Å²) in [6, 6.07) is 0.994. The van der Waals surface area contributed by atoms with Gasteiger partial charge in [0.15, 0.2) is 4.34 Å². The lowest BCUT2D eigenvalue weighted by Crippen LogP contribution is -2.24. The molecule has 10 heteroatoms. The summed E-state index contributed by atoms with van der Waals surface area (Å²) in [6.07, 6.45) is 5.95. The molecular weight excluding hydrogens is 356 g/mol. The number of thiophene rings is 1. The van der Waals surface area contributed by atoms with Crippen LogP contribution < -0.4 is 4.72 Å². The molecule has 1 aromatic rings. The smallest absolute Gasteiger partial charge is 0.258 e. The van der Waals surface area contributed by atoms with E-state index in [-0.39, 0.29) is 14.2 Å². The number of nitrogens with one attached hydrogen (secondary N) is 1. The lowest BCUT2D eigenvalue weighted by atomic mass is 10.2. The van der Waals surface area contributed by atoms with Crippen LogP contribution in [0.2, 0.25) is 4.34 Å². The summed E-state index contributed by atoms with van der Waals surface area (Å²) in [4.78, 5) is 9.97. The van der Waals surface area contributed by atoms with E-state index in [2.05, 4.69) is 11.0 Å². The molecule has 1 heterocycles. The Bertz CT molecular complexity index is 574. The Kier molecular flexibility index (Phi) is 7.96. The van der Waals surface area contributed by atoms with Gasteiger partial charge >= 0.3 is 0 Å². The van der Waals surface area contributed by atoms with Gasteiger partial charge in [0.25, 0.3) is 5.69 Å². The first kappa shape index (κ1) is 18.7. The molecule has 0 aliphatic carbocycles. The lowest BCUT2D eigenvalue weighted by Gasteiger charge is -2.04. The molecule has 21 heavy (non-hydrogen) atoms. The number of hydrogen-bond acceptors (Lipinski definition) is 6. The normalized spacial score (nSPS) is 11.7. The van der Waals surface area contributed by atoms with Crippen molar-refractivity contribution in [2.45, 2.75) is 29.9 Å². The van der Waals surface area contributed by atoms with Crippen LogP contribution in [0, 0.1) is 10.1 Å². The predicted octanol–water partition coefficient (Wildman–Crippen LogP) is 3.51. The van der Waals surface area contributed by atoms with Gasteiger partial charge in [-0.3, -0.25) is 10.1 Å². The van der Waals surface area contributed by atoms with Crippen LogP contribution in [0.3, 0.4) is 0 Å². The Labute approximate surface area is 137 Å². The largest absolute Gasteiger partial charge is 0.300 e. The topological polar surface area (TPSA) is 89.3 Å². The maximum Gasteiger partial charge on any atom is 0.300 e. The summed E-state index contributed by atoms with van der Waals surface area (Å²) >= 11 is 8.15. The van der Waals surface area contributed by atoms with Crippen LogP contribution in [-0.2, 0) is 10.0 Å². The van der Waals surface area contributed by atoms with Crippen molar-refractivity contribution in [3.63, 3.8) is 0 Å². The summed E-state index contributed by atoms with van der Waals surface area (Å²) in [5.74, 6) is 1.11. The first-order valence-electron chi connectivity index (χ1n) is 6.31. The molecule has 0 bridgehead atoms. The van der Waals surface area contributed by atoms with Crippen molar-refractivity contribution in [1.82, 2.24) is 4.72 Å². The maximum absolute atomic E-state index is 12.0. The molecule has 0 aliphatic rings. The molecule has 0 fully saturated rings. The van der Waals surface area contributed by atoms with Crippen LogP contribution in [0.1, 0.15) is 25.7 Å². The van der Waals surface area contributed by atoms with Gasteiger partial charge in [-0.1, -0.05) is 24.4 Å². The summed E-state index contributed by atoms with van der Waals surface area (Å²) < 4.78 is 26.1. The number of unbranched alkanes of at least 4 members (excludes halogenated alkanes) is 3. The van der Waals surface area contributed by atoms with Gasteiger partial charge in [-0.25, -0.2) is 13.1 Å². The van der Waals surface area contributed by atoms with E-state index in [4.69, 9.17) is 11.6 Å². The average molecular weight is 373 g/mol. The van der Waals surface area contributed by atoms with Crippen molar-refractivity contribution in [2.24, 2.45) is 0 Å². The van der Waals surface area contributed by atoms with Crippen LogP contribution in [0.5, 0.6) is 0 Å². The Hall–Kier alpha value is -0.350. The number of rotatable bonds is 10. The third-order valence-electron chi connectivity index (χ3n) is 2.68. The highest BCUT2D eigenvalue weighted by Gasteiger charge is 2.24. The third kappa shape index (κ3) is 6.11. The average Bonchev–Trinajstić information content (AvgIpc) is 2.81. The number of hydrogen-bond donors (Lipinski definition) is 1. The second-order valence-electron chi connectivity index (χ2n) is 4.29. The van der Waals surface area contributed by atoms with E-state index in [0.717, 1.165) is 37.5 Å². The zero-order valence-electron chi connectivity index (χ0n) is 11.5. The van der Waals surface area contributed by atoms with Crippen molar-refractivity contribution >= 4 is 50.4 Å². The minimum Gasteiger partial charge on any atom is -0.258 e. The summed E-state index contributed by atoms with van der Waals surface area (Å²) in [6.45, 7) is 0.324. The van der Waals surface area contributed by atoms with Gasteiger partial charge in [0.2, 0.25) is 10.0 Å². The summed E-state index contributed by atoms with van der Waals surface area (Å²) in [5, 5.41) is 10.7. The summed E-state index contributed by atoms with van der Waals surface area (Å²) in [7, 11) is -3.72. The molecule has 1 N–H and O–H groups in total. The van der Waals surface area contributed by atoms with E-state index in [9.17, 15) is 18.5 Å². The fourth-order valence-corrected chi connectivity index (χ4v) is 4.87. The van der Waals surface area contributed by atoms with Crippen LogP contribution in [0.4, 0.5) is 5.69 Å². The van der Waals surface area contributed by atoms with E-state index >= 15 is 0 Å². The SMILES string of the molecule is CSCCCCCCNS(=O)(=O)c1cc([N+](=O)[O-])c(Cl)s1. The Morgan fingerprint density at radius 2 is 2.05 bits per heavy atom. The van der Waals surface area contributed by atoms with Gasteiger partial charge < -0.3 is 0 Å². The molecule has 0 radical (unpaired) electrons. The first-order chi connectivity index (χ1) is 9.88. The van der Waals surface area contributed by atoms with Crippen molar-refractivity contribution in [3.8, 4) is 0 Å². The molecule has 1 aromatic heterocycles. The lowest BCUT2D eigenvalue weighted by molar-refractivity contribution is -0.384. The second kappa shape index (κ2) is 8.94. The zero-order chi connectivity index (χ0) is 15.9. The molecular formula is C11H17ClN2O4S3. The number of nitro groups is 1. The van der Waals surface area contributed by atoms with Gasteiger partial charge in [-0.15, -0.1) is 11.3 Å². The number of thioether (sulfide) groups is 1. The van der Waals surface area contributed by atoms with Gasteiger partial charge in [0, 0.05) is 12.6 Å². The quantitative estimate of drug-likeness (QED) is 0.385. The number of nitrogens with zero attached hydrogens (tertiary/aromatic N) is 1. The van der Waals surface area contributed by atoms with Gasteiger partial charge in [-0.05, 0) is 24.9 Å². The monoisotopic (exact) mass is 372 g/mol. The molecule has 0 aliphatic heterocycles. The minimum absolute atomic E-state index is 0.124. The predicted molar refractivity (Wildman–Crippen MR) is 88.0 cm³/mol. The molecule has 0 aromatic carbocycles. The van der Waals surface area contributed by atoms with Crippen molar-refractivity contribution < 1.29 is 13.3 Å². The molecule has 1 rings (SSSR count). The minimum atomic E-state index is -3.72. The van der Waals surface area contributed by atoms with E-state index in [1.807, 2.05) is 0 Å². The highest BCUT2D eigenvalue weighted by molar-refractivity contribution is 7.98. The molecule has 0 saturated heterocycles. The molecule has 0 atom stereocenters. The summed E-state index contributed by atoms with van der Waals surface area (Å²) in [5.41, 5.74) is -0.376. The highest BCUT2D eigenvalue weighted by Crippen LogP contribution is 2.36. The van der Waals surface area contributed by atoms with Crippen LogP contribution in [0.25, 0.3) is 0 Å². The van der Waals surface area contributed by atoms with Crippen LogP contribution in [-0.4, -0.2) is 31.9 Å². The Morgan fingerprint density at radius 1 is 1.38 bits per heavy atom. The highest BCUT2D eigenvalue weighted by atomic mass is 35.5. The van der Waals surface area contributed by atoms with Crippen LogP contribution in [0.15, 0.2) is 10.3 Å². The Balaban J connectivity index is 2.47. The van der Waals surface area contributed by atoms with Crippen molar-refractivity contribution in [2.75, 3.05) is 18.6 Å². The molecule has 120 valence electrons. The van der Waals surface area contributed by atoms with E-state index in [0.29, 0.717) is 17.9 Å². The van der Waals surface area contributed by atoms with E-state index in [1.54, 1.807) is 11.8 Å². The van der Waals surface area contributed by atoms with E-state index in [1.165, 1.54) is 0 Å². The zero-order valence-corrected chi connectivity index (χ0v) is 14.7. The second-order valence-corrected chi connectivity index (χ2v) is 8.92. The molecule has 0 unspecified atom stereocenters. The number of halogens is 1. The number of sulfonamides is 1. The molecule has 0 spiro atoms. The fourth-order valence-electron chi connectivity index (χ4n) is 1.60. The van der Waals surface area contributed by atoms with Crippen LogP contribution >= 0.6 is 34.7 Å². The third-order valence-corrected chi connectivity index (χ3v) is 6.64. The van der Waals surface area contributed by atoms with Gasteiger partial charge in [-0.2, -0.15) is 11.8 Å². The van der Waals surface area contributed by atoms with E-state index < -0.39 is 14.9 Å². The van der Waals surface area contributed by atoms with Crippen molar-refractivity contribution in [1.29, 1.82) is 0 Å². The molecule has 6 nitrogen and oxygen atoms in total. The van der Waals surface area contributed by atoms with Crippen molar-refractivity contribution in [3.05, 3.63) is 20.5 Å². The standard InChI is InChI=1S/C11H17ClN2O4S3/c1-19-7-5-3-2-4-6-13-21(17,18)10-8-9(14(15)16)11(12)20-10/h8,13H,2-7H2,1H3. The molecule has 0 amide bonds. The maximum atomic E-state index is 12.0.